The lowest BCUT2D eigenvalue weighted by molar-refractivity contribution is -0.138. The monoisotopic (exact) mass is 250 g/mol. The molecule has 16 heavy (non-hydrogen) atoms. The van der Waals surface area contributed by atoms with Crippen LogP contribution < -0.4 is 11.1 Å². The molecule has 1 unspecified atom stereocenters. The summed E-state index contributed by atoms with van der Waals surface area (Å²) in [5.74, 6) is -2.94. The molecule has 0 heterocycles. The number of benzene rings is 1. The fraction of sp³-hybridized carbons (Fsp3) is 0.222. The van der Waals surface area contributed by atoms with Gasteiger partial charge in [-0.15, -0.1) is 0 Å². The van der Waals surface area contributed by atoms with Gasteiger partial charge in [-0.25, -0.2) is 8.78 Å². The maximum absolute atomic E-state index is 13.2. The number of nitrogens with two attached hydrogens (primary N) is 1. The lowest BCUT2D eigenvalue weighted by atomic mass is 10.2. The SMILES string of the molecule is NC(CNc1c(F)cc(F)cc1Cl)C(=O)O. The minimum Gasteiger partial charge on any atom is -0.480 e. The van der Waals surface area contributed by atoms with Gasteiger partial charge in [-0.3, -0.25) is 4.79 Å². The topological polar surface area (TPSA) is 75.3 Å². The Bertz CT molecular complexity index is 391. The summed E-state index contributed by atoms with van der Waals surface area (Å²) in [4.78, 5) is 10.4. The van der Waals surface area contributed by atoms with E-state index in [1.807, 2.05) is 0 Å². The summed E-state index contributed by atoms with van der Waals surface area (Å²) in [6.45, 7) is -0.211. The Morgan fingerprint density at radius 3 is 2.69 bits per heavy atom. The van der Waals surface area contributed by atoms with Gasteiger partial charge in [0.25, 0.3) is 0 Å². The molecule has 0 spiro atoms. The van der Waals surface area contributed by atoms with Gasteiger partial charge in [0.05, 0.1) is 10.7 Å². The lowest BCUT2D eigenvalue weighted by Crippen LogP contribution is -2.37. The number of hydrogen-bond donors (Lipinski definition) is 3. The molecule has 0 saturated heterocycles. The van der Waals surface area contributed by atoms with Gasteiger partial charge in [0.1, 0.15) is 11.9 Å². The number of rotatable bonds is 4. The second kappa shape index (κ2) is 5.09. The first-order chi connectivity index (χ1) is 7.41. The largest absolute Gasteiger partial charge is 0.480 e. The van der Waals surface area contributed by atoms with Gasteiger partial charge in [-0.1, -0.05) is 11.6 Å². The van der Waals surface area contributed by atoms with Gasteiger partial charge < -0.3 is 16.2 Å². The average Bonchev–Trinajstić information content (AvgIpc) is 2.15. The van der Waals surface area contributed by atoms with Gasteiger partial charge in [0, 0.05) is 12.6 Å². The highest BCUT2D eigenvalue weighted by Crippen LogP contribution is 2.26. The molecule has 7 heteroatoms. The summed E-state index contributed by atoms with van der Waals surface area (Å²) in [5.41, 5.74) is 5.03. The van der Waals surface area contributed by atoms with Crippen LogP contribution in [0.4, 0.5) is 14.5 Å². The number of nitrogens with one attached hydrogen (secondary N) is 1. The lowest BCUT2D eigenvalue weighted by Gasteiger charge is -2.11. The highest BCUT2D eigenvalue weighted by atomic mass is 35.5. The van der Waals surface area contributed by atoms with Crippen molar-refractivity contribution in [1.82, 2.24) is 0 Å². The molecule has 1 rings (SSSR count). The molecule has 4 N–H and O–H groups in total. The van der Waals surface area contributed by atoms with Crippen molar-refractivity contribution in [2.24, 2.45) is 5.73 Å². The Labute approximate surface area is 95.0 Å². The van der Waals surface area contributed by atoms with E-state index in [9.17, 15) is 13.6 Å². The molecule has 0 saturated carbocycles. The van der Waals surface area contributed by atoms with E-state index in [2.05, 4.69) is 5.32 Å². The first-order valence-corrected chi connectivity index (χ1v) is 4.66. The minimum absolute atomic E-state index is 0.167. The van der Waals surface area contributed by atoms with Crippen LogP contribution in [0.25, 0.3) is 0 Å². The van der Waals surface area contributed by atoms with Crippen LogP contribution in [0.5, 0.6) is 0 Å². The zero-order chi connectivity index (χ0) is 12.3. The van der Waals surface area contributed by atoms with Gasteiger partial charge in [-0.2, -0.15) is 0 Å². The molecule has 1 aromatic rings. The average molecular weight is 251 g/mol. The molecular weight excluding hydrogens is 242 g/mol. The molecule has 0 amide bonds. The van der Waals surface area contributed by atoms with E-state index in [-0.39, 0.29) is 17.3 Å². The van der Waals surface area contributed by atoms with Gasteiger partial charge in [0.2, 0.25) is 0 Å². The van der Waals surface area contributed by atoms with E-state index in [0.29, 0.717) is 6.07 Å². The molecule has 0 aromatic heterocycles. The van der Waals surface area contributed by atoms with Crippen molar-refractivity contribution in [3.8, 4) is 0 Å². The van der Waals surface area contributed by atoms with Gasteiger partial charge in [-0.05, 0) is 6.07 Å². The van der Waals surface area contributed by atoms with E-state index in [1.54, 1.807) is 0 Å². The third-order valence-corrected chi connectivity index (χ3v) is 2.12. The summed E-state index contributed by atoms with van der Waals surface area (Å²) < 4.78 is 25.9. The Morgan fingerprint density at radius 2 is 2.19 bits per heavy atom. The zero-order valence-electron chi connectivity index (χ0n) is 8.01. The van der Waals surface area contributed by atoms with Crippen molar-refractivity contribution in [3.05, 3.63) is 28.8 Å². The maximum atomic E-state index is 13.2. The molecule has 0 aliphatic rings. The van der Waals surface area contributed by atoms with E-state index in [4.69, 9.17) is 22.4 Å². The highest BCUT2D eigenvalue weighted by Gasteiger charge is 2.14. The number of halogens is 3. The van der Waals surface area contributed by atoms with Crippen molar-refractivity contribution >= 4 is 23.3 Å². The van der Waals surface area contributed by atoms with Crippen LogP contribution in [0.15, 0.2) is 12.1 Å². The van der Waals surface area contributed by atoms with Gasteiger partial charge >= 0.3 is 5.97 Å². The molecule has 0 fully saturated rings. The van der Waals surface area contributed by atoms with Crippen LogP contribution in [0, 0.1) is 11.6 Å². The van der Waals surface area contributed by atoms with Crippen molar-refractivity contribution < 1.29 is 18.7 Å². The van der Waals surface area contributed by atoms with E-state index >= 15 is 0 Å². The highest BCUT2D eigenvalue weighted by molar-refractivity contribution is 6.33. The van der Waals surface area contributed by atoms with Crippen molar-refractivity contribution in [3.63, 3.8) is 0 Å². The Hall–Kier alpha value is -1.40. The van der Waals surface area contributed by atoms with E-state index < -0.39 is 23.6 Å². The van der Waals surface area contributed by atoms with Crippen LogP contribution >= 0.6 is 11.6 Å². The van der Waals surface area contributed by atoms with Crippen molar-refractivity contribution in [2.45, 2.75) is 6.04 Å². The third kappa shape index (κ3) is 3.04. The molecule has 0 bridgehead atoms. The zero-order valence-corrected chi connectivity index (χ0v) is 8.76. The normalized spacial score (nSPS) is 12.2. The molecule has 0 aliphatic carbocycles. The predicted octanol–water partition coefficient (Wildman–Crippen LogP) is 1.44. The predicted molar refractivity (Wildman–Crippen MR) is 55.5 cm³/mol. The molecule has 1 atom stereocenters. The summed E-state index contributed by atoms with van der Waals surface area (Å²) in [5, 5.41) is 10.7. The number of anilines is 1. The first-order valence-electron chi connectivity index (χ1n) is 4.28. The molecule has 88 valence electrons. The van der Waals surface area contributed by atoms with Crippen LogP contribution in [0.3, 0.4) is 0 Å². The summed E-state index contributed by atoms with van der Waals surface area (Å²) in [6, 6.07) is 0.361. The van der Waals surface area contributed by atoms with Crippen LogP contribution in [0.1, 0.15) is 0 Å². The summed E-state index contributed by atoms with van der Waals surface area (Å²) in [6.07, 6.45) is 0. The number of carbonyl (C=O) groups is 1. The maximum Gasteiger partial charge on any atom is 0.322 e. The summed E-state index contributed by atoms with van der Waals surface area (Å²) in [7, 11) is 0. The summed E-state index contributed by atoms with van der Waals surface area (Å²) >= 11 is 5.57. The van der Waals surface area contributed by atoms with Crippen LogP contribution in [-0.2, 0) is 4.79 Å². The number of carboxylic acid groups (broad SMARTS) is 1. The molecule has 0 aliphatic heterocycles. The third-order valence-electron chi connectivity index (χ3n) is 1.82. The van der Waals surface area contributed by atoms with Gasteiger partial charge in [0.15, 0.2) is 5.82 Å². The van der Waals surface area contributed by atoms with Crippen molar-refractivity contribution in [1.29, 1.82) is 0 Å². The van der Waals surface area contributed by atoms with Crippen LogP contribution in [-0.4, -0.2) is 23.7 Å². The molecule has 0 radical (unpaired) electrons. The second-order valence-corrected chi connectivity index (χ2v) is 3.48. The Balaban J connectivity index is 2.78. The number of aliphatic carboxylic acids is 1. The van der Waals surface area contributed by atoms with E-state index in [0.717, 1.165) is 6.07 Å². The quantitative estimate of drug-likeness (QED) is 0.756. The van der Waals surface area contributed by atoms with Crippen molar-refractivity contribution in [2.75, 3.05) is 11.9 Å². The number of hydrogen-bond acceptors (Lipinski definition) is 3. The molecular formula is C9H9ClF2N2O2. The first kappa shape index (κ1) is 12.7. The minimum atomic E-state index is -1.23. The number of carboxylic acids is 1. The van der Waals surface area contributed by atoms with E-state index in [1.165, 1.54) is 0 Å². The molecule has 4 nitrogen and oxygen atoms in total. The second-order valence-electron chi connectivity index (χ2n) is 3.07. The fourth-order valence-electron chi connectivity index (χ4n) is 1.01. The Morgan fingerprint density at radius 1 is 1.56 bits per heavy atom. The Kier molecular flexibility index (Phi) is 4.03. The molecule has 1 aromatic carbocycles. The van der Waals surface area contributed by atoms with Crippen LogP contribution in [0.2, 0.25) is 5.02 Å². The smallest absolute Gasteiger partial charge is 0.322 e. The fourth-order valence-corrected chi connectivity index (χ4v) is 1.27. The standard InChI is InChI=1S/C9H9ClF2N2O2/c10-5-1-4(11)2-6(12)8(5)14-3-7(13)9(15)16/h1-2,7,14H,3,13H2,(H,15,16).